The lowest BCUT2D eigenvalue weighted by atomic mass is 9.83. The summed E-state index contributed by atoms with van der Waals surface area (Å²) in [7, 11) is 0. The maximum Gasteiger partial charge on any atom is 0.270 e. The summed E-state index contributed by atoms with van der Waals surface area (Å²) in [5.74, 6) is 1.34. The number of aromatic nitrogens is 1. The molecular formula is C17H27N3O. The first kappa shape index (κ1) is 15.8. The Bertz CT molecular complexity index is 455. The number of amides is 1. The Morgan fingerprint density at radius 3 is 2.71 bits per heavy atom. The molecule has 4 nitrogen and oxygen atoms in total. The fraction of sp³-hybridized carbons (Fsp3) is 0.647. The molecule has 116 valence electrons. The number of nitrogens with zero attached hydrogens (tertiary/aromatic N) is 1. The van der Waals surface area contributed by atoms with Crippen LogP contribution >= 0.6 is 0 Å². The summed E-state index contributed by atoms with van der Waals surface area (Å²) in [4.78, 5) is 16.8. The molecule has 1 fully saturated rings. The van der Waals surface area contributed by atoms with Crippen molar-refractivity contribution in [3.8, 4) is 0 Å². The van der Waals surface area contributed by atoms with Gasteiger partial charge in [-0.3, -0.25) is 4.79 Å². The Balaban J connectivity index is 1.99. The zero-order chi connectivity index (χ0) is 15.1. The van der Waals surface area contributed by atoms with E-state index < -0.39 is 0 Å². The SMILES string of the molecule is CCNc1cccc(C(=O)NC(CC)C2CCCCC2)n1. The predicted octanol–water partition coefficient (Wildman–Crippen LogP) is 3.60. The molecule has 1 heterocycles. The molecule has 1 aromatic rings. The van der Waals surface area contributed by atoms with Gasteiger partial charge in [0.05, 0.1) is 0 Å². The van der Waals surface area contributed by atoms with E-state index in [4.69, 9.17) is 0 Å². The standard InChI is InChI=1S/C17H27N3O/c1-3-14(13-9-6-5-7-10-13)20-17(21)15-11-8-12-16(19-15)18-4-2/h8,11-14H,3-7,9-10H2,1-2H3,(H,18,19)(H,20,21). The van der Waals surface area contributed by atoms with E-state index in [2.05, 4.69) is 22.5 Å². The Morgan fingerprint density at radius 2 is 2.05 bits per heavy atom. The second-order valence-corrected chi connectivity index (χ2v) is 5.82. The largest absolute Gasteiger partial charge is 0.370 e. The number of hydrogen-bond donors (Lipinski definition) is 2. The number of pyridine rings is 1. The number of hydrogen-bond acceptors (Lipinski definition) is 3. The molecule has 1 aromatic heterocycles. The third-order valence-corrected chi connectivity index (χ3v) is 4.31. The van der Waals surface area contributed by atoms with Crippen molar-refractivity contribution in [1.82, 2.24) is 10.3 Å². The van der Waals surface area contributed by atoms with Gasteiger partial charge in [0, 0.05) is 12.6 Å². The fourth-order valence-corrected chi connectivity index (χ4v) is 3.17. The minimum atomic E-state index is -0.0489. The van der Waals surface area contributed by atoms with E-state index in [0.29, 0.717) is 11.6 Å². The molecule has 2 N–H and O–H groups in total. The highest BCUT2D eigenvalue weighted by Gasteiger charge is 2.24. The topological polar surface area (TPSA) is 54.0 Å². The van der Waals surface area contributed by atoms with E-state index in [1.165, 1.54) is 32.1 Å². The smallest absolute Gasteiger partial charge is 0.270 e. The Kier molecular flexibility index (Phi) is 6.03. The molecule has 4 heteroatoms. The highest BCUT2D eigenvalue weighted by molar-refractivity contribution is 5.92. The normalized spacial score (nSPS) is 17.2. The van der Waals surface area contributed by atoms with E-state index in [0.717, 1.165) is 18.8 Å². The molecule has 0 aromatic carbocycles. The van der Waals surface area contributed by atoms with Gasteiger partial charge in [0.2, 0.25) is 0 Å². The fourth-order valence-electron chi connectivity index (χ4n) is 3.17. The summed E-state index contributed by atoms with van der Waals surface area (Å²) in [6.45, 7) is 4.98. The maximum absolute atomic E-state index is 12.4. The molecule has 2 rings (SSSR count). The molecular weight excluding hydrogens is 262 g/mol. The molecule has 0 bridgehead atoms. The third-order valence-electron chi connectivity index (χ3n) is 4.31. The van der Waals surface area contributed by atoms with Gasteiger partial charge < -0.3 is 10.6 Å². The molecule has 1 amide bonds. The molecule has 1 aliphatic carbocycles. The monoisotopic (exact) mass is 289 g/mol. The van der Waals surface area contributed by atoms with Gasteiger partial charge in [0.25, 0.3) is 5.91 Å². The minimum absolute atomic E-state index is 0.0489. The second kappa shape index (κ2) is 8.01. The number of rotatable bonds is 6. The summed E-state index contributed by atoms with van der Waals surface area (Å²) in [5, 5.41) is 6.34. The lowest BCUT2D eigenvalue weighted by molar-refractivity contribution is 0.0906. The molecule has 1 atom stereocenters. The van der Waals surface area contributed by atoms with Crippen LogP contribution in [0, 0.1) is 5.92 Å². The summed E-state index contributed by atoms with van der Waals surface area (Å²) in [6, 6.07) is 5.83. The van der Waals surface area contributed by atoms with E-state index in [-0.39, 0.29) is 11.9 Å². The number of nitrogens with one attached hydrogen (secondary N) is 2. The van der Waals surface area contributed by atoms with Crippen LogP contribution in [0.1, 0.15) is 62.9 Å². The van der Waals surface area contributed by atoms with Crippen LogP contribution in [-0.4, -0.2) is 23.5 Å². The minimum Gasteiger partial charge on any atom is -0.370 e. The molecule has 1 unspecified atom stereocenters. The van der Waals surface area contributed by atoms with Gasteiger partial charge >= 0.3 is 0 Å². The molecule has 1 aliphatic rings. The zero-order valence-corrected chi connectivity index (χ0v) is 13.2. The van der Waals surface area contributed by atoms with Crippen LogP contribution in [0.2, 0.25) is 0 Å². The van der Waals surface area contributed by atoms with Crippen LogP contribution in [0.25, 0.3) is 0 Å². The van der Waals surface area contributed by atoms with Crippen molar-refractivity contribution in [1.29, 1.82) is 0 Å². The van der Waals surface area contributed by atoms with Crippen molar-refractivity contribution in [2.45, 2.75) is 58.4 Å². The van der Waals surface area contributed by atoms with Gasteiger partial charge in [-0.15, -0.1) is 0 Å². The first-order valence-corrected chi connectivity index (χ1v) is 8.26. The van der Waals surface area contributed by atoms with Crippen molar-refractivity contribution in [3.63, 3.8) is 0 Å². The van der Waals surface area contributed by atoms with E-state index in [1.807, 2.05) is 19.1 Å². The van der Waals surface area contributed by atoms with Crippen LogP contribution in [-0.2, 0) is 0 Å². The predicted molar refractivity (Wildman–Crippen MR) is 86.5 cm³/mol. The van der Waals surface area contributed by atoms with Gasteiger partial charge in [0.1, 0.15) is 11.5 Å². The molecule has 21 heavy (non-hydrogen) atoms. The molecule has 0 aliphatic heterocycles. The average molecular weight is 289 g/mol. The highest BCUT2D eigenvalue weighted by atomic mass is 16.1. The Hall–Kier alpha value is -1.58. The van der Waals surface area contributed by atoms with Gasteiger partial charge in [0.15, 0.2) is 0 Å². The average Bonchev–Trinajstić information content (AvgIpc) is 2.54. The second-order valence-electron chi connectivity index (χ2n) is 5.82. The van der Waals surface area contributed by atoms with Crippen LogP contribution < -0.4 is 10.6 Å². The third kappa shape index (κ3) is 4.45. The number of carbonyl (C=O) groups is 1. The Morgan fingerprint density at radius 1 is 1.29 bits per heavy atom. The van der Waals surface area contributed by atoms with Crippen molar-refractivity contribution >= 4 is 11.7 Å². The van der Waals surface area contributed by atoms with E-state index in [1.54, 1.807) is 6.07 Å². The van der Waals surface area contributed by atoms with Crippen LogP contribution in [0.15, 0.2) is 18.2 Å². The lowest BCUT2D eigenvalue weighted by Gasteiger charge is -2.30. The summed E-state index contributed by atoms with van der Waals surface area (Å²) in [6.07, 6.45) is 7.40. The van der Waals surface area contributed by atoms with Crippen LogP contribution in [0.5, 0.6) is 0 Å². The maximum atomic E-state index is 12.4. The number of anilines is 1. The van der Waals surface area contributed by atoms with Crippen molar-refractivity contribution in [3.05, 3.63) is 23.9 Å². The summed E-state index contributed by atoms with van der Waals surface area (Å²) >= 11 is 0. The molecule has 0 saturated heterocycles. The van der Waals surface area contributed by atoms with Crippen molar-refractivity contribution < 1.29 is 4.79 Å². The molecule has 1 saturated carbocycles. The van der Waals surface area contributed by atoms with Gasteiger partial charge in [-0.2, -0.15) is 0 Å². The number of carbonyl (C=O) groups excluding carboxylic acids is 1. The lowest BCUT2D eigenvalue weighted by Crippen LogP contribution is -2.41. The van der Waals surface area contributed by atoms with E-state index >= 15 is 0 Å². The van der Waals surface area contributed by atoms with Gasteiger partial charge in [-0.05, 0) is 44.2 Å². The van der Waals surface area contributed by atoms with Crippen LogP contribution in [0.4, 0.5) is 5.82 Å². The van der Waals surface area contributed by atoms with Crippen molar-refractivity contribution in [2.75, 3.05) is 11.9 Å². The summed E-state index contributed by atoms with van der Waals surface area (Å²) in [5.41, 5.74) is 0.503. The first-order chi connectivity index (χ1) is 10.2. The van der Waals surface area contributed by atoms with Crippen LogP contribution in [0.3, 0.4) is 0 Å². The Labute approximate surface area is 127 Å². The van der Waals surface area contributed by atoms with Crippen molar-refractivity contribution in [2.24, 2.45) is 5.92 Å². The quantitative estimate of drug-likeness (QED) is 0.841. The molecule has 0 radical (unpaired) electrons. The molecule has 0 spiro atoms. The first-order valence-electron chi connectivity index (χ1n) is 8.26. The van der Waals surface area contributed by atoms with Gasteiger partial charge in [-0.1, -0.05) is 32.3 Å². The van der Waals surface area contributed by atoms with E-state index in [9.17, 15) is 4.79 Å². The summed E-state index contributed by atoms with van der Waals surface area (Å²) < 4.78 is 0. The van der Waals surface area contributed by atoms with Gasteiger partial charge in [-0.25, -0.2) is 4.98 Å². The zero-order valence-electron chi connectivity index (χ0n) is 13.2. The highest BCUT2D eigenvalue weighted by Crippen LogP contribution is 2.27.